The first-order valence-electron chi connectivity index (χ1n) is 5.85. The molecule has 17 heavy (non-hydrogen) atoms. The fourth-order valence-electron chi connectivity index (χ4n) is 1.84. The van der Waals surface area contributed by atoms with Gasteiger partial charge in [0.25, 0.3) is 0 Å². The number of nitrogens with zero attached hydrogens (tertiary/aromatic N) is 2. The van der Waals surface area contributed by atoms with Crippen molar-refractivity contribution in [2.45, 2.75) is 38.2 Å². The topological polar surface area (TPSA) is 16.1 Å². The number of rotatable bonds is 7. The largest absolute Gasteiger partial charge is 0.294 e. The van der Waals surface area contributed by atoms with E-state index in [9.17, 15) is 0 Å². The molecule has 0 aliphatic rings. The van der Waals surface area contributed by atoms with E-state index < -0.39 is 0 Å². The van der Waals surface area contributed by atoms with Gasteiger partial charge >= 0.3 is 0 Å². The van der Waals surface area contributed by atoms with Gasteiger partial charge < -0.3 is 0 Å². The van der Waals surface area contributed by atoms with Crippen LogP contribution < -0.4 is 0 Å². The SMILES string of the molecule is CCC(c1nc(CCl)cs1)N(C)C(C)CSC. The van der Waals surface area contributed by atoms with Crippen molar-refractivity contribution in [1.82, 2.24) is 9.88 Å². The van der Waals surface area contributed by atoms with Gasteiger partial charge in [-0.25, -0.2) is 4.98 Å². The molecule has 0 bridgehead atoms. The van der Waals surface area contributed by atoms with E-state index in [1.807, 2.05) is 11.8 Å². The lowest BCUT2D eigenvalue weighted by molar-refractivity contribution is 0.194. The van der Waals surface area contributed by atoms with Gasteiger partial charge in [-0.3, -0.25) is 4.90 Å². The van der Waals surface area contributed by atoms with Crippen molar-refractivity contribution in [3.8, 4) is 0 Å². The number of alkyl halides is 1. The number of hydrogen-bond acceptors (Lipinski definition) is 4. The summed E-state index contributed by atoms with van der Waals surface area (Å²) in [6, 6.07) is 0.984. The van der Waals surface area contributed by atoms with E-state index in [1.54, 1.807) is 11.3 Å². The molecule has 0 aliphatic carbocycles. The Balaban J connectivity index is 2.76. The average Bonchev–Trinajstić information content (AvgIpc) is 2.79. The average molecular weight is 293 g/mol. The normalized spacial score (nSPS) is 15.2. The second kappa shape index (κ2) is 7.62. The molecule has 1 aromatic rings. The van der Waals surface area contributed by atoms with Crippen LogP contribution in [-0.2, 0) is 5.88 Å². The predicted molar refractivity (Wildman–Crippen MR) is 80.3 cm³/mol. The Morgan fingerprint density at radius 1 is 1.59 bits per heavy atom. The molecule has 1 heterocycles. The van der Waals surface area contributed by atoms with E-state index in [0.717, 1.165) is 17.9 Å². The number of thioether (sulfide) groups is 1. The second-order valence-electron chi connectivity index (χ2n) is 4.20. The van der Waals surface area contributed by atoms with E-state index in [4.69, 9.17) is 11.6 Å². The van der Waals surface area contributed by atoms with Gasteiger partial charge in [-0.15, -0.1) is 22.9 Å². The number of hydrogen-bond donors (Lipinski definition) is 0. The van der Waals surface area contributed by atoms with Gasteiger partial charge in [-0.1, -0.05) is 6.92 Å². The molecule has 0 aliphatic heterocycles. The van der Waals surface area contributed by atoms with Crippen molar-refractivity contribution in [1.29, 1.82) is 0 Å². The monoisotopic (exact) mass is 292 g/mol. The zero-order chi connectivity index (χ0) is 12.8. The van der Waals surface area contributed by atoms with Gasteiger partial charge in [0, 0.05) is 17.2 Å². The Kier molecular flexibility index (Phi) is 6.85. The van der Waals surface area contributed by atoms with Crippen molar-refractivity contribution in [2.75, 3.05) is 19.1 Å². The minimum atomic E-state index is 0.416. The zero-order valence-corrected chi connectivity index (χ0v) is 13.3. The van der Waals surface area contributed by atoms with E-state index in [2.05, 4.69) is 42.4 Å². The summed E-state index contributed by atoms with van der Waals surface area (Å²) in [7, 11) is 2.19. The fraction of sp³-hybridized carbons (Fsp3) is 0.750. The standard InChI is InChI=1S/C12H21ClN2S2/c1-5-11(15(3)9(2)7-16-4)12-14-10(6-13)8-17-12/h8-9,11H,5-7H2,1-4H3. The van der Waals surface area contributed by atoms with Gasteiger partial charge in [0.05, 0.1) is 17.6 Å². The third-order valence-corrected chi connectivity index (χ3v) is 5.06. The van der Waals surface area contributed by atoms with Crippen LogP contribution in [-0.4, -0.2) is 35.0 Å². The minimum absolute atomic E-state index is 0.416. The van der Waals surface area contributed by atoms with Crippen LogP contribution in [0.5, 0.6) is 0 Å². The summed E-state index contributed by atoms with van der Waals surface area (Å²) < 4.78 is 0. The quantitative estimate of drug-likeness (QED) is 0.706. The Labute approximate surface area is 118 Å². The Bertz CT molecular complexity index is 330. The molecule has 0 N–H and O–H groups in total. The predicted octanol–water partition coefficient (Wildman–Crippen LogP) is 4.02. The maximum Gasteiger partial charge on any atom is 0.110 e. The highest BCUT2D eigenvalue weighted by molar-refractivity contribution is 7.98. The summed E-state index contributed by atoms with van der Waals surface area (Å²) in [6.45, 7) is 4.49. The first kappa shape index (κ1) is 15.3. The van der Waals surface area contributed by atoms with Gasteiger partial charge in [-0.2, -0.15) is 11.8 Å². The van der Waals surface area contributed by atoms with Crippen LogP contribution in [0.3, 0.4) is 0 Å². The van der Waals surface area contributed by atoms with E-state index in [0.29, 0.717) is 18.0 Å². The maximum absolute atomic E-state index is 5.81. The molecular formula is C12H21ClN2S2. The summed E-state index contributed by atoms with van der Waals surface area (Å²) in [5.74, 6) is 1.66. The van der Waals surface area contributed by atoms with Crippen molar-refractivity contribution in [3.05, 3.63) is 16.1 Å². The van der Waals surface area contributed by atoms with Crippen LogP contribution in [0.4, 0.5) is 0 Å². The highest BCUT2D eigenvalue weighted by atomic mass is 35.5. The van der Waals surface area contributed by atoms with E-state index >= 15 is 0 Å². The lowest BCUT2D eigenvalue weighted by Gasteiger charge is -2.31. The lowest BCUT2D eigenvalue weighted by Crippen LogP contribution is -2.34. The maximum atomic E-state index is 5.81. The molecule has 2 atom stereocenters. The highest BCUT2D eigenvalue weighted by Crippen LogP contribution is 2.28. The molecule has 0 fully saturated rings. The second-order valence-corrected chi connectivity index (χ2v) is 6.27. The lowest BCUT2D eigenvalue weighted by atomic mass is 10.1. The van der Waals surface area contributed by atoms with E-state index in [-0.39, 0.29) is 0 Å². The molecule has 1 rings (SSSR count). The van der Waals surface area contributed by atoms with Crippen LogP contribution >= 0.6 is 34.7 Å². The summed E-state index contributed by atoms with van der Waals surface area (Å²) in [6.07, 6.45) is 3.24. The Morgan fingerprint density at radius 2 is 2.29 bits per heavy atom. The molecule has 0 saturated heterocycles. The van der Waals surface area contributed by atoms with Gasteiger partial charge in [0.15, 0.2) is 0 Å². The molecule has 98 valence electrons. The van der Waals surface area contributed by atoms with Crippen LogP contribution in [0.25, 0.3) is 0 Å². The van der Waals surface area contributed by atoms with Gasteiger partial charge in [0.2, 0.25) is 0 Å². The molecule has 0 aromatic carbocycles. The Hall–Kier alpha value is 0.230. The fourth-order valence-corrected chi connectivity index (χ4v) is 3.84. The minimum Gasteiger partial charge on any atom is -0.294 e. The summed E-state index contributed by atoms with van der Waals surface area (Å²) in [5, 5.41) is 3.26. The first-order chi connectivity index (χ1) is 8.13. The van der Waals surface area contributed by atoms with Crippen molar-refractivity contribution in [2.24, 2.45) is 0 Å². The van der Waals surface area contributed by atoms with Gasteiger partial charge in [0.1, 0.15) is 5.01 Å². The first-order valence-corrected chi connectivity index (χ1v) is 8.65. The van der Waals surface area contributed by atoms with Crippen molar-refractivity contribution < 1.29 is 0 Å². The summed E-state index contributed by atoms with van der Waals surface area (Å²) in [4.78, 5) is 7.03. The van der Waals surface area contributed by atoms with Crippen molar-refractivity contribution >= 4 is 34.7 Å². The van der Waals surface area contributed by atoms with Gasteiger partial charge in [-0.05, 0) is 26.6 Å². The third-order valence-electron chi connectivity index (χ3n) is 2.97. The van der Waals surface area contributed by atoms with E-state index in [1.165, 1.54) is 5.01 Å². The smallest absolute Gasteiger partial charge is 0.110 e. The molecule has 1 aromatic heterocycles. The summed E-state index contributed by atoms with van der Waals surface area (Å²) in [5.41, 5.74) is 0.996. The Morgan fingerprint density at radius 3 is 2.76 bits per heavy atom. The van der Waals surface area contributed by atoms with Crippen LogP contribution in [0.2, 0.25) is 0 Å². The van der Waals surface area contributed by atoms with Crippen LogP contribution in [0.15, 0.2) is 5.38 Å². The van der Waals surface area contributed by atoms with Crippen LogP contribution in [0.1, 0.15) is 37.0 Å². The zero-order valence-electron chi connectivity index (χ0n) is 10.9. The summed E-state index contributed by atoms with van der Waals surface area (Å²) >= 11 is 9.42. The number of aromatic nitrogens is 1. The third kappa shape index (κ3) is 4.12. The van der Waals surface area contributed by atoms with Crippen LogP contribution in [0, 0.1) is 0 Å². The molecule has 0 saturated carbocycles. The molecule has 5 heteroatoms. The molecule has 0 amide bonds. The number of thiazole rings is 1. The number of halogens is 1. The molecule has 2 unspecified atom stereocenters. The molecule has 2 nitrogen and oxygen atoms in total. The van der Waals surface area contributed by atoms with Crippen molar-refractivity contribution in [3.63, 3.8) is 0 Å². The molecule has 0 spiro atoms. The molecule has 0 radical (unpaired) electrons. The molecular weight excluding hydrogens is 272 g/mol. The highest BCUT2D eigenvalue weighted by Gasteiger charge is 2.22.